The van der Waals surface area contributed by atoms with Crippen LogP contribution in [0.3, 0.4) is 0 Å². The Hall–Kier alpha value is -0.550. The predicted octanol–water partition coefficient (Wildman–Crippen LogP) is 1.76. The Labute approximate surface area is 151 Å². The Bertz CT molecular complexity index is 821. The molecule has 1 fully saturated rings. The molecule has 130 valence electrons. The molecule has 1 saturated heterocycles. The number of hydrogen-bond acceptors (Lipinski definition) is 8. The second-order valence-electron chi connectivity index (χ2n) is 6.09. The Morgan fingerprint density at radius 2 is 2.08 bits per heavy atom. The van der Waals surface area contributed by atoms with Gasteiger partial charge < -0.3 is 25.0 Å². The van der Waals surface area contributed by atoms with Gasteiger partial charge >= 0.3 is 0 Å². The van der Waals surface area contributed by atoms with Crippen molar-refractivity contribution in [3.63, 3.8) is 0 Å². The largest absolute Gasteiger partial charge is 0.394 e. The quantitative estimate of drug-likeness (QED) is 0.471. The maximum atomic E-state index is 10.1. The monoisotopic (exact) mass is 386 g/mol. The lowest BCUT2D eigenvalue weighted by Crippen LogP contribution is -2.33. The van der Waals surface area contributed by atoms with Crippen molar-refractivity contribution in [1.82, 2.24) is 9.97 Å². The average molecular weight is 387 g/mol. The number of thioether (sulfide) groups is 1. The van der Waals surface area contributed by atoms with Crippen molar-refractivity contribution in [3.8, 4) is 0 Å². The third-order valence-corrected chi connectivity index (χ3v) is 7.06. The molecule has 1 aliphatic heterocycles. The van der Waals surface area contributed by atoms with Gasteiger partial charge in [0.05, 0.1) is 6.61 Å². The summed E-state index contributed by atoms with van der Waals surface area (Å²) in [6.07, 6.45) is 1.57. The lowest BCUT2D eigenvalue weighted by Gasteiger charge is -2.13. The first kappa shape index (κ1) is 16.9. The molecule has 4 N–H and O–H groups in total. The van der Waals surface area contributed by atoms with Crippen LogP contribution >= 0.6 is 35.3 Å². The maximum Gasteiger partial charge on any atom is 0.170 e. The van der Waals surface area contributed by atoms with Crippen molar-refractivity contribution in [3.05, 3.63) is 15.1 Å². The number of aryl methyl sites for hydroxylation is 2. The van der Waals surface area contributed by atoms with E-state index in [2.05, 4.69) is 9.97 Å². The molecule has 2 aliphatic rings. The summed E-state index contributed by atoms with van der Waals surface area (Å²) in [6, 6.07) is 0. The third-order valence-electron chi connectivity index (χ3n) is 4.53. The fourth-order valence-electron chi connectivity index (χ4n) is 3.27. The fourth-order valence-corrected chi connectivity index (χ4v) is 6.07. The van der Waals surface area contributed by atoms with Crippen LogP contribution in [0.5, 0.6) is 0 Å². The zero-order valence-corrected chi connectivity index (χ0v) is 15.2. The van der Waals surface area contributed by atoms with Crippen molar-refractivity contribution in [1.29, 1.82) is 0 Å². The summed E-state index contributed by atoms with van der Waals surface area (Å²) in [7, 11) is 0. The second kappa shape index (κ2) is 6.64. The molecule has 6 nitrogen and oxygen atoms in total. The van der Waals surface area contributed by atoms with Crippen molar-refractivity contribution in [2.75, 3.05) is 6.61 Å². The van der Waals surface area contributed by atoms with Crippen molar-refractivity contribution in [2.24, 2.45) is 0 Å². The Balaban J connectivity index is 1.65. The number of aromatic nitrogens is 2. The Morgan fingerprint density at radius 1 is 1.29 bits per heavy atom. The van der Waals surface area contributed by atoms with Gasteiger partial charge in [0, 0.05) is 10.3 Å². The van der Waals surface area contributed by atoms with Crippen molar-refractivity contribution >= 4 is 45.5 Å². The highest BCUT2D eigenvalue weighted by atomic mass is 32.2. The van der Waals surface area contributed by atoms with Gasteiger partial charge in [0.15, 0.2) is 5.16 Å². The van der Waals surface area contributed by atoms with Gasteiger partial charge in [-0.15, -0.1) is 11.3 Å². The molecule has 24 heavy (non-hydrogen) atoms. The Morgan fingerprint density at radius 3 is 2.83 bits per heavy atom. The molecule has 0 bridgehead atoms. The van der Waals surface area contributed by atoms with Crippen LogP contribution in [0.15, 0.2) is 5.16 Å². The number of fused-ring (bicyclic) bond motifs is 3. The lowest BCUT2D eigenvalue weighted by atomic mass is 9.97. The molecule has 4 atom stereocenters. The van der Waals surface area contributed by atoms with Gasteiger partial charge in [0.1, 0.15) is 33.2 Å². The van der Waals surface area contributed by atoms with E-state index < -0.39 is 23.7 Å². The number of thiophene rings is 1. The lowest BCUT2D eigenvalue weighted by molar-refractivity contribution is -0.00810. The highest BCUT2D eigenvalue weighted by molar-refractivity contribution is 7.99. The number of rotatable bonds is 3. The van der Waals surface area contributed by atoms with Crippen LogP contribution in [0.2, 0.25) is 0 Å². The highest BCUT2D eigenvalue weighted by Gasteiger charge is 2.43. The zero-order valence-electron chi connectivity index (χ0n) is 12.8. The van der Waals surface area contributed by atoms with Gasteiger partial charge in [0.25, 0.3) is 0 Å². The number of nitrogens with zero attached hydrogens (tertiary/aromatic N) is 1. The van der Waals surface area contributed by atoms with Gasteiger partial charge in [-0.1, -0.05) is 24.0 Å². The molecule has 0 aromatic carbocycles. The van der Waals surface area contributed by atoms with Crippen LogP contribution in [0.1, 0.15) is 23.3 Å². The van der Waals surface area contributed by atoms with E-state index in [1.165, 1.54) is 35.0 Å². The van der Waals surface area contributed by atoms with Crippen LogP contribution in [-0.4, -0.2) is 55.6 Å². The van der Waals surface area contributed by atoms with Gasteiger partial charge in [0.2, 0.25) is 0 Å². The molecule has 1 aliphatic carbocycles. The van der Waals surface area contributed by atoms with E-state index in [0.717, 1.165) is 23.1 Å². The number of aliphatic hydroxyl groups is 3. The second-order valence-corrected chi connectivity index (χ2v) is 8.67. The number of H-pyrrole nitrogens is 1. The summed E-state index contributed by atoms with van der Waals surface area (Å²) in [5, 5.41) is 30.7. The van der Waals surface area contributed by atoms with E-state index in [9.17, 15) is 15.3 Å². The Kier molecular flexibility index (Phi) is 4.67. The molecule has 2 aromatic rings. The summed E-state index contributed by atoms with van der Waals surface area (Å²) in [4.78, 5) is 10.0. The van der Waals surface area contributed by atoms with Gasteiger partial charge in [-0.2, -0.15) is 0 Å². The first-order chi connectivity index (χ1) is 11.6. The maximum absolute atomic E-state index is 10.1. The standard InChI is InChI=1S/C15H18N2O4S3/c18-5-7-10(19)11(20)14(21-7)24-15-16-12(22)9-6-3-1-2-4-8(6)23-13(9)17-15/h7,10-11,14,18-20H,1-5H2,(H,16,17,22)/t7-,10-,11+,14+/m1/s1. The molecule has 3 heterocycles. The van der Waals surface area contributed by atoms with Gasteiger partial charge in [-0.3, -0.25) is 0 Å². The van der Waals surface area contributed by atoms with Gasteiger partial charge in [-0.05, 0) is 31.2 Å². The third kappa shape index (κ3) is 2.82. The van der Waals surface area contributed by atoms with Gasteiger partial charge in [-0.25, -0.2) is 4.98 Å². The van der Waals surface area contributed by atoms with Crippen LogP contribution in [0.25, 0.3) is 10.2 Å². The number of aliphatic hydroxyl groups excluding tert-OH is 3. The molecule has 0 unspecified atom stereocenters. The molecule has 9 heteroatoms. The van der Waals surface area contributed by atoms with E-state index in [0.29, 0.717) is 9.80 Å². The molecule has 0 spiro atoms. The smallest absolute Gasteiger partial charge is 0.170 e. The molecule has 0 amide bonds. The van der Waals surface area contributed by atoms with E-state index in [1.54, 1.807) is 11.3 Å². The molecule has 4 rings (SSSR count). The first-order valence-electron chi connectivity index (χ1n) is 7.92. The van der Waals surface area contributed by atoms with Crippen LogP contribution in [0, 0.1) is 4.64 Å². The summed E-state index contributed by atoms with van der Waals surface area (Å²) >= 11 is 8.40. The number of ether oxygens (including phenoxy) is 1. The number of hydrogen-bond donors (Lipinski definition) is 4. The highest BCUT2D eigenvalue weighted by Crippen LogP contribution is 2.38. The molecule has 2 aromatic heterocycles. The van der Waals surface area contributed by atoms with Crippen molar-refractivity contribution in [2.45, 2.75) is 54.6 Å². The first-order valence-corrected chi connectivity index (χ1v) is 10.0. The zero-order chi connectivity index (χ0) is 16.8. The normalized spacial score (nSPS) is 30.0. The van der Waals surface area contributed by atoms with E-state index in [4.69, 9.17) is 17.0 Å². The minimum absolute atomic E-state index is 0.338. The topological polar surface area (TPSA) is 98.6 Å². The minimum Gasteiger partial charge on any atom is -0.394 e. The molecular weight excluding hydrogens is 368 g/mol. The number of aromatic amines is 1. The molecule has 0 radical (unpaired) electrons. The van der Waals surface area contributed by atoms with Crippen molar-refractivity contribution < 1.29 is 20.1 Å². The van der Waals surface area contributed by atoms with Crippen LogP contribution in [-0.2, 0) is 17.6 Å². The van der Waals surface area contributed by atoms with Crippen LogP contribution in [0.4, 0.5) is 0 Å². The van der Waals surface area contributed by atoms with E-state index in [1.807, 2.05) is 0 Å². The number of nitrogens with one attached hydrogen (secondary N) is 1. The average Bonchev–Trinajstić information content (AvgIpc) is 3.07. The summed E-state index contributed by atoms with van der Waals surface area (Å²) < 4.78 is 6.16. The summed E-state index contributed by atoms with van der Waals surface area (Å²) in [6.45, 7) is -0.338. The van der Waals surface area contributed by atoms with Crippen LogP contribution < -0.4 is 0 Å². The summed E-state index contributed by atoms with van der Waals surface area (Å²) in [5.74, 6) is 0. The predicted molar refractivity (Wildman–Crippen MR) is 95.1 cm³/mol. The van der Waals surface area contributed by atoms with E-state index >= 15 is 0 Å². The summed E-state index contributed by atoms with van der Waals surface area (Å²) in [5.41, 5.74) is 0.641. The van der Waals surface area contributed by atoms with E-state index in [-0.39, 0.29) is 6.61 Å². The molecule has 0 saturated carbocycles. The molecular formula is C15H18N2O4S3. The SMILES string of the molecule is OC[C@H]1O[C@@H](Sc2nc3sc4c(c3c(=S)[nH]2)CCCC4)[C@@H](O)[C@@H]1O. The minimum atomic E-state index is -1.10. The fraction of sp³-hybridized carbons (Fsp3) is 0.600.